The first kappa shape index (κ1) is 30.1. The molecule has 5 rings (SSSR count). The van der Waals surface area contributed by atoms with Gasteiger partial charge in [0.15, 0.2) is 17.9 Å². The van der Waals surface area contributed by atoms with Gasteiger partial charge in [-0.05, 0) is 13.0 Å². The van der Waals surface area contributed by atoms with Gasteiger partial charge in [0.1, 0.15) is 29.5 Å². The van der Waals surface area contributed by atoms with Crippen LogP contribution in [0.5, 0.6) is 17.2 Å². The smallest absolute Gasteiger partial charge is 0.202 e. The number of aromatic hydroxyl groups is 2. The van der Waals surface area contributed by atoms with Gasteiger partial charge in [0.2, 0.25) is 5.78 Å². The number of carbonyl (C=O) groups excluding carboxylic acids is 3. The van der Waals surface area contributed by atoms with Crippen LogP contribution < -0.4 is 10.5 Å². The number of halogens is 1. The van der Waals surface area contributed by atoms with Crippen LogP contribution in [0.15, 0.2) is 18.2 Å². The number of methoxy groups -OCH3 is 1. The van der Waals surface area contributed by atoms with Crippen LogP contribution in [-0.4, -0.2) is 86.7 Å². The number of Topliss-reactive ketones (excluding diaryl/α,β-unsaturated/α-hetero) is 1. The van der Waals surface area contributed by atoms with E-state index >= 15 is 0 Å². The van der Waals surface area contributed by atoms with E-state index in [9.17, 15) is 39.9 Å². The molecule has 1 saturated heterocycles. The molecule has 0 aromatic heterocycles. The Morgan fingerprint density at radius 3 is 2.45 bits per heavy atom. The van der Waals surface area contributed by atoms with E-state index in [1.54, 1.807) is 6.92 Å². The van der Waals surface area contributed by atoms with E-state index < -0.39 is 95.7 Å². The summed E-state index contributed by atoms with van der Waals surface area (Å²) in [7, 11) is 1.32. The predicted molar refractivity (Wildman–Crippen MR) is 142 cm³/mol. The fraction of sp³-hybridized carbons (Fsp3) is 0.444. The third-order valence-corrected chi connectivity index (χ3v) is 7.81. The molecule has 6 atom stereocenters. The first-order valence-corrected chi connectivity index (χ1v) is 12.4. The maximum atomic E-state index is 13.6. The first-order valence-electron chi connectivity index (χ1n) is 12.4. The van der Waals surface area contributed by atoms with Gasteiger partial charge in [0, 0.05) is 42.0 Å². The number of carbonyl (C=O) groups is 3. The van der Waals surface area contributed by atoms with E-state index in [1.807, 2.05) is 0 Å². The van der Waals surface area contributed by atoms with Gasteiger partial charge in [-0.1, -0.05) is 12.1 Å². The molecule has 216 valence electrons. The van der Waals surface area contributed by atoms with Crippen molar-refractivity contribution in [2.24, 2.45) is 5.73 Å². The number of hydrogen-bond donors (Lipinski definition) is 6. The van der Waals surface area contributed by atoms with Crippen LogP contribution in [0.2, 0.25) is 0 Å². The number of ketones is 3. The summed E-state index contributed by atoms with van der Waals surface area (Å²) >= 11 is 0. The summed E-state index contributed by atoms with van der Waals surface area (Å²) in [6.45, 7) is 0.560. The van der Waals surface area contributed by atoms with Gasteiger partial charge in [0.05, 0.1) is 42.1 Å². The predicted octanol–water partition coefficient (Wildman–Crippen LogP) is 0.579. The molecule has 2 aromatic carbocycles. The maximum Gasteiger partial charge on any atom is 0.202 e. The van der Waals surface area contributed by atoms with Gasteiger partial charge in [0.25, 0.3) is 0 Å². The number of aliphatic hydroxyl groups excluding tert-OH is 2. The second-order valence-corrected chi connectivity index (χ2v) is 10.2. The summed E-state index contributed by atoms with van der Waals surface area (Å²) in [5, 5.41) is 53.7. The Morgan fingerprint density at radius 2 is 1.82 bits per heavy atom. The van der Waals surface area contributed by atoms with Gasteiger partial charge >= 0.3 is 0 Å². The molecule has 0 amide bonds. The van der Waals surface area contributed by atoms with Crippen molar-refractivity contribution >= 4 is 34.3 Å². The van der Waals surface area contributed by atoms with Gasteiger partial charge < -0.3 is 45.5 Å². The van der Waals surface area contributed by atoms with Gasteiger partial charge in [-0.15, -0.1) is 17.0 Å². The minimum Gasteiger partial charge on any atom is -0.507 e. The van der Waals surface area contributed by atoms with Crippen molar-refractivity contribution in [1.82, 2.24) is 0 Å². The van der Waals surface area contributed by atoms with Crippen LogP contribution in [-0.2, 0) is 20.7 Å². The highest BCUT2D eigenvalue weighted by Gasteiger charge is 2.50. The van der Waals surface area contributed by atoms with E-state index in [-0.39, 0.29) is 51.4 Å². The lowest BCUT2D eigenvalue weighted by Gasteiger charge is -2.42. The number of phenols is 2. The third-order valence-electron chi connectivity index (χ3n) is 7.81. The lowest BCUT2D eigenvalue weighted by Crippen LogP contribution is -2.53. The second kappa shape index (κ2) is 10.8. The molecule has 0 spiro atoms. The van der Waals surface area contributed by atoms with Crippen LogP contribution in [0.25, 0.3) is 0 Å². The molecule has 1 fully saturated rings. The quantitative estimate of drug-likeness (QED) is 0.216. The standard InChI is InChI=1S/C27H29NO11.BrH/c1-10-22(31)13(28)6-17(38-10)39-15-8-27(36,16(30)9-29)7-12-19(15)26(35)21-20(24(12)33)23(32)11-4-3-5-14(37-2)18(11)25(21)34;/h3-5,10,13,15,17,22,29,31,33,35-36H,6-9,28H2,1-2H3;1H/t10-,13-,15-,17-,22+,27-;/m0./s1. The van der Waals surface area contributed by atoms with E-state index in [2.05, 4.69) is 0 Å². The highest BCUT2D eigenvalue weighted by atomic mass is 79.9. The molecule has 0 unspecified atom stereocenters. The SMILES string of the molecule is Br.COc1cccc2c1C(=O)c1c(O)c3c(c(O)c1C2=O)C[C@@](O)(C(=O)CO)C[C@@H]3O[C@H]1C[C@H](N)[C@H](O)[C@H](C)O1. The molecule has 0 saturated carbocycles. The van der Waals surface area contributed by atoms with Crippen LogP contribution in [0.1, 0.15) is 68.8 Å². The molecule has 40 heavy (non-hydrogen) atoms. The molecular formula is C27H30BrNO11. The largest absolute Gasteiger partial charge is 0.507 e. The van der Waals surface area contributed by atoms with E-state index in [4.69, 9.17) is 19.9 Å². The van der Waals surface area contributed by atoms with Crippen LogP contribution in [0, 0.1) is 0 Å². The Bertz CT molecular complexity index is 1380. The van der Waals surface area contributed by atoms with Gasteiger partial charge in [-0.25, -0.2) is 0 Å². The molecule has 2 aromatic rings. The monoisotopic (exact) mass is 623 g/mol. The van der Waals surface area contributed by atoms with Crippen molar-refractivity contribution in [3.63, 3.8) is 0 Å². The maximum absolute atomic E-state index is 13.6. The van der Waals surface area contributed by atoms with Crippen molar-refractivity contribution in [2.45, 2.75) is 62.4 Å². The number of hydrogen-bond acceptors (Lipinski definition) is 12. The summed E-state index contributed by atoms with van der Waals surface area (Å²) < 4.78 is 17.0. The fourth-order valence-electron chi connectivity index (χ4n) is 5.75. The summed E-state index contributed by atoms with van der Waals surface area (Å²) in [6, 6.07) is 3.64. The highest BCUT2D eigenvalue weighted by Crippen LogP contribution is 2.52. The summed E-state index contributed by atoms with van der Waals surface area (Å²) in [5.74, 6) is -3.77. The van der Waals surface area contributed by atoms with Crippen LogP contribution in [0.3, 0.4) is 0 Å². The van der Waals surface area contributed by atoms with Crippen LogP contribution in [0.4, 0.5) is 0 Å². The van der Waals surface area contributed by atoms with Gasteiger partial charge in [-0.2, -0.15) is 0 Å². The Labute approximate surface area is 239 Å². The van der Waals surface area contributed by atoms with E-state index in [0.717, 1.165) is 0 Å². The average Bonchev–Trinajstić information content (AvgIpc) is 2.90. The van der Waals surface area contributed by atoms with Crippen molar-refractivity contribution in [3.8, 4) is 17.2 Å². The van der Waals surface area contributed by atoms with Crippen molar-refractivity contribution in [1.29, 1.82) is 0 Å². The average molecular weight is 624 g/mol. The molecule has 1 aliphatic heterocycles. The summed E-state index contributed by atoms with van der Waals surface area (Å²) in [6.07, 6.45) is -5.12. The molecule has 1 heterocycles. The van der Waals surface area contributed by atoms with E-state index in [0.29, 0.717) is 0 Å². The minimum absolute atomic E-state index is 0. The Balaban J connectivity index is 0.00000370. The van der Waals surface area contributed by atoms with E-state index in [1.165, 1.54) is 25.3 Å². The number of rotatable bonds is 5. The van der Waals surface area contributed by atoms with Crippen molar-refractivity contribution in [3.05, 3.63) is 51.6 Å². The first-order chi connectivity index (χ1) is 18.4. The van der Waals surface area contributed by atoms with Crippen molar-refractivity contribution in [2.75, 3.05) is 13.7 Å². The Kier molecular flexibility index (Phi) is 8.13. The fourth-order valence-corrected chi connectivity index (χ4v) is 5.75. The number of benzene rings is 2. The lowest BCUT2D eigenvalue weighted by molar-refractivity contribution is -0.247. The summed E-state index contributed by atoms with van der Waals surface area (Å²) in [4.78, 5) is 39.7. The Morgan fingerprint density at radius 1 is 1.15 bits per heavy atom. The number of phenolic OH excluding ortho intramolecular Hbond substituents is 2. The molecule has 7 N–H and O–H groups in total. The third kappa shape index (κ3) is 4.51. The molecule has 0 bridgehead atoms. The zero-order chi connectivity index (χ0) is 28.4. The summed E-state index contributed by atoms with van der Waals surface area (Å²) in [5.41, 5.74) is 2.37. The van der Waals surface area contributed by atoms with Crippen molar-refractivity contribution < 1.29 is 54.1 Å². The molecular weight excluding hydrogens is 594 g/mol. The molecule has 12 nitrogen and oxygen atoms in total. The zero-order valence-electron chi connectivity index (χ0n) is 21.6. The molecule has 2 aliphatic carbocycles. The molecule has 0 radical (unpaired) electrons. The number of ether oxygens (including phenoxy) is 3. The number of aliphatic hydroxyl groups is 3. The normalized spacial score (nSPS) is 29.1. The van der Waals surface area contributed by atoms with Crippen LogP contribution >= 0.6 is 17.0 Å². The second-order valence-electron chi connectivity index (χ2n) is 10.2. The number of nitrogens with two attached hydrogens (primary N) is 1. The topological polar surface area (TPSA) is 206 Å². The minimum atomic E-state index is -2.24. The molecule has 3 aliphatic rings. The molecule has 13 heteroatoms. The number of fused-ring (bicyclic) bond motifs is 3. The highest BCUT2D eigenvalue weighted by molar-refractivity contribution is 8.93. The Hall–Kier alpha value is -2.91. The zero-order valence-corrected chi connectivity index (χ0v) is 23.3. The van der Waals surface area contributed by atoms with Gasteiger partial charge in [-0.3, -0.25) is 14.4 Å². The lowest BCUT2D eigenvalue weighted by atomic mass is 9.72.